The molecule has 0 N–H and O–H groups in total. The summed E-state index contributed by atoms with van der Waals surface area (Å²) in [4.78, 5) is 0. The Morgan fingerprint density at radius 2 is 1.32 bits per heavy atom. The third kappa shape index (κ3) is 10.3. The van der Waals surface area contributed by atoms with E-state index in [4.69, 9.17) is 0 Å². The number of allylic oxidation sites excluding steroid dienone is 1. The van der Waals surface area contributed by atoms with E-state index in [2.05, 4.69) is 41.6 Å². The highest BCUT2D eigenvalue weighted by Gasteiger charge is 2.24. The van der Waals surface area contributed by atoms with Crippen LogP contribution in [0.1, 0.15) is 98.3 Å². The zero-order chi connectivity index (χ0) is 14.6. The predicted octanol–water partition coefficient (Wildman–Crippen LogP) is 6.73. The molecule has 0 aromatic rings. The second kappa shape index (κ2) is 11.6. The molecule has 0 aromatic heterocycles. The van der Waals surface area contributed by atoms with E-state index < -0.39 is 0 Å². The minimum atomic E-state index is 0.397. The fourth-order valence-electron chi connectivity index (χ4n) is 2.78. The Bertz CT molecular complexity index is 208. The number of rotatable bonds is 13. The molecule has 0 amide bonds. The summed E-state index contributed by atoms with van der Waals surface area (Å²) in [5.74, 6) is 0. The van der Waals surface area contributed by atoms with Gasteiger partial charge in [-0.15, -0.1) is 12.1 Å². The van der Waals surface area contributed by atoms with Crippen LogP contribution < -0.4 is 0 Å². The lowest BCUT2D eigenvalue weighted by atomic mass is 9.46. The highest BCUT2D eigenvalue weighted by Crippen LogP contribution is 2.39. The van der Waals surface area contributed by atoms with Gasteiger partial charge in [-0.3, -0.25) is 0 Å². The summed E-state index contributed by atoms with van der Waals surface area (Å²) in [6, 6.07) is 0. The van der Waals surface area contributed by atoms with Gasteiger partial charge in [0.25, 0.3) is 0 Å². The number of hydrogen-bond donors (Lipinski definition) is 0. The minimum absolute atomic E-state index is 0.397. The fourth-order valence-corrected chi connectivity index (χ4v) is 2.78. The average Bonchev–Trinajstić information content (AvgIpc) is 2.40. The molecule has 0 aliphatic rings. The van der Waals surface area contributed by atoms with E-state index in [1.54, 1.807) is 0 Å². The topological polar surface area (TPSA) is 0 Å². The smallest absolute Gasteiger partial charge is 0.115 e. The van der Waals surface area contributed by atoms with Crippen molar-refractivity contribution in [1.82, 2.24) is 0 Å². The average molecular weight is 263 g/mol. The monoisotopic (exact) mass is 263 g/mol. The summed E-state index contributed by atoms with van der Waals surface area (Å²) >= 11 is 0. The van der Waals surface area contributed by atoms with Gasteiger partial charge in [0.2, 0.25) is 0 Å². The standard InChI is InChI=1S/C18H36B/c1-6-9-11-13-15-18(5,19-17(4)8-3)16-14-12-10-7-2/h4,6-16H2,1-3,5H3. The van der Waals surface area contributed by atoms with E-state index >= 15 is 0 Å². The Morgan fingerprint density at radius 3 is 1.68 bits per heavy atom. The normalized spacial score (nSPS) is 11.6. The molecule has 0 rings (SSSR count). The number of unbranched alkanes of at least 4 members (excludes halogenated alkanes) is 6. The summed E-state index contributed by atoms with van der Waals surface area (Å²) < 4.78 is 0. The maximum Gasteiger partial charge on any atom is 0.152 e. The van der Waals surface area contributed by atoms with Crippen molar-refractivity contribution in [3.05, 3.63) is 12.1 Å². The van der Waals surface area contributed by atoms with Gasteiger partial charge in [-0.25, -0.2) is 0 Å². The van der Waals surface area contributed by atoms with E-state index in [0.29, 0.717) is 5.31 Å². The SMILES string of the molecule is C=C([B]C(C)(CCCCCC)CCCCCC)CC. The maximum atomic E-state index is 4.19. The Kier molecular flexibility index (Phi) is 11.5. The predicted molar refractivity (Wildman–Crippen MR) is 91.1 cm³/mol. The van der Waals surface area contributed by atoms with Crippen LogP contribution in [0.2, 0.25) is 5.31 Å². The van der Waals surface area contributed by atoms with Crippen LogP contribution in [-0.2, 0) is 0 Å². The van der Waals surface area contributed by atoms with Crippen molar-refractivity contribution in [1.29, 1.82) is 0 Å². The van der Waals surface area contributed by atoms with E-state index in [9.17, 15) is 0 Å². The first-order chi connectivity index (χ1) is 9.08. The molecule has 0 fully saturated rings. The summed E-state index contributed by atoms with van der Waals surface area (Å²) in [7, 11) is 2.48. The lowest BCUT2D eigenvalue weighted by molar-refractivity contribution is 0.451. The molecule has 0 spiro atoms. The van der Waals surface area contributed by atoms with Gasteiger partial charge in [-0.2, -0.15) is 0 Å². The molecule has 0 heterocycles. The van der Waals surface area contributed by atoms with Crippen LogP contribution in [0.5, 0.6) is 0 Å². The van der Waals surface area contributed by atoms with Gasteiger partial charge in [-0.05, 0) is 6.42 Å². The molecule has 19 heavy (non-hydrogen) atoms. The zero-order valence-corrected chi connectivity index (χ0v) is 14.1. The van der Waals surface area contributed by atoms with Crippen molar-refractivity contribution in [2.24, 2.45) is 0 Å². The quantitative estimate of drug-likeness (QED) is 0.255. The highest BCUT2D eigenvalue weighted by atomic mass is 14.2. The van der Waals surface area contributed by atoms with Gasteiger partial charge in [0, 0.05) is 0 Å². The van der Waals surface area contributed by atoms with Crippen LogP contribution >= 0.6 is 0 Å². The molecule has 0 nitrogen and oxygen atoms in total. The van der Waals surface area contributed by atoms with Gasteiger partial charge in [0.1, 0.15) is 0 Å². The molecule has 0 saturated heterocycles. The minimum Gasteiger partial charge on any atom is -0.115 e. The summed E-state index contributed by atoms with van der Waals surface area (Å²) in [6.45, 7) is 13.4. The van der Waals surface area contributed by atoms with Crippen molar-refractivity contribution in [2.75, 3.05) is 0 Å². The van der Waals surface area contributed by atoms with E-state index in [1.165, 1.54) is 69.7 Å². The largest absolute Gasteiger partial charge is 0.152 e. The Morgan fingerprint density at radius 1 is 0.842 bits per heavy atom. The second-order valence-corrected chi connectivity index (χ2v) is 6.43. The van der Waals surface area contributed by atoms with Crippen LogP contribution in [-0.4, -0.2) is 7.28 Å². The zero-order valence-electron chi connectivity index (χ0n) is 14.1. The fraction of sp³-hybridized carbons (Fsp3) is 0.889. The van der Waals surface area contributed by atoms with E-state index in [1.807, 2.05) is 0 Å². The van der Waals surface area contributed by atoms with Crippen molar-refractivity contribution < 1.29 is 0 Å². The molecular formula is C18H36B. The molecule has 1 heteroatoms. The van der Waals surface area contributed by atoms with Gasteiger partial charge in [0.05, 0.1) is 0 Å². The first-order valence-electron chi connectivity index (χ1n) is 8.61. The van der Waals surface area contributed by atoms with Crippen molar-refractivity contribution in [3.8, 4) is 0 Å². The van der Waals surface area contributed by atoms with Crippen LogP contribution in [0, 0.1) is 0 Å². The summed E-state index contributed by atoms with van der Waals surface area (Å²) in [5, 5.41) is 0.397. The Hall–Kier alpha value is -0.195. The van der Waals surface area contributed by atoms with Gasteiger partial charge in [0.15, 0.2) is 7.28 Å². The molecule has 0 aromatic carbocycles. The molecule has 0 bridgehead atoms. The van der Waals surface area contributed by atoms with Crippen molar-refractivity contribution >= 4 is 7.28 Å². The maximum absolute atomic E-state index is 4.19. The molecule has 0 aliphatic carbocycles. The summed E-state index contributed by atoms with van der Waals surface area (Å²) in [6.07, 6.45) is 14.8. The lowest BCUT2D eigenvalue weighted by Crippen LogP contribution is -2.19. The van der Waals surface area contributed by atoms with Crippen molar-refractivity contribution in [2.45, 2.75) is 104 Å². The van der Waals surface area contributed by atoms with Crippen LogP contribution in [0.25, 0.3) is 0 Å². The molecule has 0 saturated carbocycles. The van der Waals surface area contributed by atoms with Gasteiger partial charge < -0.3 is 0 Å². The van der Waals surface area contributed by atoms with Crippen LogP contribution in [0.15, 0.2) is 12.1 Å². The van der Waals surface area contributed by atoms with Gasteiger partial charge in [-0.1, -0.05) is 97.2 Å². The molecule has 111 valence electrons. The molecule has 1 radical (unpaired) electrons. The number of hydrogen-bond acceptors (Lipinski definition) is 0. The third-order valence-electron chi connectivity index (χ3n) is 4.21. The lowest BCUT2D eigenvalue weighted by Gasteiger charge is -2.30. The molecule has 0 aliphatic heterocycles. The Labute approximate surface area is 123 Å². The van der Waals surface area contributed by atoms with E-state index in [-0.39, 0.29) is 0 Å². The molecule has 0 unspecified atom stereocenters. The Balaban J connectivity index is 4.15. The van der Waals surface area contributed by atoms with Crippen LogP contribution in [0.3, 0.4) is 0 Å². The van der Waals surface area contributed by atoms with Crippen molar-refractivity contribution in [3.63, 3.8) is 0 Å². The molecular weight excluding hydrogens is 227 g/mol. The first-order valence-corrected chi connectivity index (χ1v) is 8.61. The second-order valence-electron chi connectivity index (χ2n) is 6.43. The van der Waals surface area contributed by atoms with Crippen LogP contribution in [0.4, 0.5) is 0 Å². The van der Waals surface area contributed by atoms with Gasteiger partial charge >= 0.3 is 0 Å². The molecule has 0 atom stereocenters. The van der Waals surface area contributed by atoms with E-state index in [0.717, 1.165) is 6.42 Å². The summed E-state index contributed by atoms with van der Waals surface area (Å²) in [5.41, 5.74) is 1.33. The third-order valence-corrected chi connectivity index (χ3v) is 4.21. The first kappa shape index (κ1) is 18.8. The highest BCUT2D eigenvalue weighted by molar-refractivity contribution is 6.48.